The number of amides is 1. The van der Waals surface area contributed by atoms with E-state index in [0.717, 1.165) is 11.8 Å². The normalized spacial score (nSPS) is 11.2. The number of benzene rings is 1. The molecule has 0 aliphatic carbocycles. The summed E-state index contributed by atoms with van der Waals surface area (Å²) in [6.45, 7) is 3.61. The lowest BCUT2D eigenvalue weighted by atomic mass is 10.2. The van der Waals surface area contributed by atoms with Gasteiger partial charge >= 0.3 is 0 Å². The molecule has 19 heavy (non-hydrogen) atoms. The van der Waals surface area contributed by atoms with Crippen LogP contribution in [-0.4, -0.2) is 33.7 Å². The lowest BCUT2D eigenvalue weighted by molar-refractivity contribution is -0.118. The van der Waals surface area contributed by atoms with Gasteiger partial charge in [-0.3, -0.25) is 9.10 Å². The fourth-order valence-electron chi connectivity index (χ4n) is 1.70. The van der Waals surface area contributed by atoms with E-state index >= 15 is 0 Å². The predicted octanol–water partition coefficient (Wildman–Crippen LogP) is 1.55. The Morgan fingerprint density at radius 1 is 1.42 bits per heavy atom. The quantitative estimate of drug-likeness (QED) is 0.897. The van der Waals surface area contributed by atoms with Gasteiger partial charge in [-0.1, -0.05) is 11.6 Å². The van der Waals surface area contributed by atoms with Gasteiger partial charge in [-0.25, -0.2) is 8.42 Å². The second-order valence-corrected chi connectivity index (χ2v) is 6.59. The van der Waals surface area contributed by atoms with E-state index in [-0.39, 0.29) is 19.0 Å². The number of hydrogen-bond donors (Lipinski definition) is 1. The highest BCUT2D eigenvalue weighted by Gasteiger charge is 2.18. The van der Waals surface area contributed by atoms with Crippen molar-refractivity contribution in [2.75, 3.05) is 23.7 Å². The number of halogens is 1. The molecule has 0 radical (unpaired) electrons. The summed E-state index contributed by atoms with van der Waals surface area (Å²) in [5, 5.41) is 3.13. The molecule has 0 heterocycles. The Labute approximate surface area is 118 Å². The van der Waals surface area contributed by atoms with Crippen molar-refractivity contribution in [3.63, 3.8) is 0 Å². The standard InChI is InChI=1S/C12H17ClN2O3S/c1-9-8-11(13)4-5-12(9)15(19(3,17)18)7-6-14-10(2)16/h4-5,8H,6-7H2,1-3H3,(H,14,16). The molecule has 0 fully saturated rings. The highest BCUT2D eigenvalue weighted by Crippen LogP contribution is 2.25. The van der Waals surface area contributed by atoms with Gasteiger partial charge in [-0.2, -0.15) is 0 Å². The first kappa shape index (κ1) is 15.8. The lowest BCUT2D eigenvalue weighted by Gasteiger charge is -2.24. The Kier molecular flexibility index (Phi) is 5.20. The summed E-state index contributed by atoms with van der Waals surface area (Å²) < 4.78 is 24.9. The van der Waals surface area contributed by atoms with Crippen LogP contribution in [0.1, 0.15) is 12.5 Å². The van der Waals surface area contributed by atoms with Crippen molar-refractivity contribution < 1.29 is 13.2 Å². The largest absolute Gasteiger partial charge is 0.355 e. The van der Waals surface area contributed by atoms with Gasteiger partial charge in [0.05, 0.1) is 18.5 Å². The van der Waals surface area contributed by atoms with Gasteiger partial charge in [0, 0.05) is 18.5 Å². The Hall–Kier alpha value is -1.27. The zero-order chi connectivity index (χ0) is 14.6. The van der Waals surface area contributed by atoms with Crippen molar-refractivity contribution in [1.82, 2.24) is 5.32 Å². The Balaban J connectivity index is 3.01. The van der Waals surface area contributed by atoms with Crippen LogP contribution >= 0.6 is 11.6 Å². The molecule has 0 aliphatic heterocycles. The van der Waals surface area contributed by atoms with E-state index in [0.29, 0.717) is 10.7 Å². The molecular formula is C12H17ClN2O3S. The lowest BCUT2D eigenvalue weighted by Crippen LogP contribution is -2.37. The molecule has 5 nitrogen and oxygen atoms in total. The third kappa shape index (κ3) is 4.72. The topological polar surface area (TPSA) is 66.5 Å². The average molecular weight is 305 g/mol. The number of sulfonamides is 1. The Morgan fingerprint density at radius 3 is 2.53 bits per heavy atom. The van der Waals surface area contributed by atoms with Crippen LogP contribution in [0, 0.1) is 6.92 Å². The minimum atomic E-state index is -3.41. The van der Waals surface area contributed by atoms with Gasteiger partial charge in [-0.15, -0.1) is 0 Å². The van der Waals surface area contributed by atoms with E-state index in [4.69, 9.17) is 11.6 Å². The zero-order valence-electron chi connectivity index (χ0n) is 11.1. The van der Waals surface area contributed by atoms with E-state index in [1.54, 1.807) is 25.1 Å². The molecule has 0 saturated carbocycles. The van der Waals surface area contributed by atoms with E-state index < -0.39 is 10.0 Å². The molecule has 0 saturated heterocycles. The van der Waals surface area contributed by atoms with Crippen molar-refractivity contribution in [2.45, 2.75) is 13.8 Å². The summed E-state index contributed by atoms with van der Waals surface area (Å²) in [4.78, 5) is 10.8. The fourth-order valence-corrected chi connectivity index (χ4v) is 2.91. The monoisotopic (exact) mass is 304 g/mol. The molecule has 0 atom stereocenters. The van der Waals surface area contributed by atoms with E-state index in [1.165, 1.54) is 11.2 Å². The molecule has 1 aromatic rings. The SMILES string of the molecule is CC(=O)NCCN(c1ccc(Cl)cc1C)S(C)(=O)=O. The predicted molar refractivity (Wildman–Crippen MR) is 77.1 cm³/mol. The van der Waals surface area contributed by atoms with E-state index in [9.17, 15) is 13.2 Å². The van der Waals surface area contributed by atoms with Crippen LogP contribution in [0.4, 0.5) is 5.69 Å². The molecule has 1 aromatic carbocycles. The highest BCUT2D eigenvalue weighted by atomic mass is 35.5. The third-order valence-electron chi connectivity index (χ3n) is 2.52. The third-order valence-corrected chi connectivity index (χ3v) is 3.93. The van der Waals surface area contributed by atoms with Gasteiger partial charge in [-0.05, 0) is 30.7 Å². The van der Waals surface area contributed by atoms with Gasteiger partial charge in [0.2, 0.25) is 15.9 Å². The Bertz CT molecular complexity index is 572. The maximum Gasteiger partial charge on any atom is 0.232 e. The first-order chi connectivity index (χ1) is 8.71. The maximum absolute atomic E-state index is 11.8. The van der Waals surface area contributed by atoms with Crippen molar-refractivity contribution in [3.05, 3.63) is 28.8 Å². The number of rotatable bonds is 5. The second kappa shape index (κ2) is 6.25. The summed E-state index contributed by atoms with van der Waals surface area (Å²) in [5.74, 6) is -0.193. The number of carbonyl (C=O) groups excluding carboxylic acids is 1. The van der Waals surface area contributed by atoms with Crippen molar-refractivity contribution >= 4 is 33.2 Å². The molecular weight excluding hydrogens is 288 g/mol. The van der Waals surface area contributed by atoms with Gasteiger partial charge in [0.25, 0.3) is 0 Å². The van der Waals surface area contributed by atoms with E-state index in [2.05, 4.69) is 5.32 Å². The molecule has 0 aliphatic rings. The van der Waals surface area contributed by atoms with Crippen molar-refractivity contribution in [1.29, 1.82) is 0 Å². The summed E-state index contributed by atoms with van der Waals surface area (Å²) in [5.41, 5.74) is 1.33. The number of carbonyl (C=O) groups is 1. The number of hydrogen-bond acceptors (Lipinski definition) is 3. The number of nitrogens with one attached hydrogen (secondary N) is 1. The minimum Gasteiger partial charge on any atom is -0.355 e. The molecule has 0 unspecified atom stereocenters. The number of aryl methyl sites for hydroxylation is 1. The molecule has 1 N–H and O–H groups in total. The maximum atomic E-state index is 11.8. The van der Waals surface area contributed by atoms with Crippen LogP contribution in [0.25, 0.3) is 0 Å². The van der Waals surface area contributed by atoms with Crippen LogP contribution in [0.3, 0.4) is 0 Å². The van der Waals surface area contributed by atoms with Crippen LogP contribution in [0.15, 0.2) is 18.2 Å². The molecule has 1 rings (SSSR count). The van der Waals surface area contributed by atoms with Crippen LogP contribution in [0.5, 0.6) is 0 Å². The van der Waals surface area contributed by atoms with E-state index in [1.807, 2.05) is 0 Å². The fraction of sp³-hybridized carbons (Fsp3) is 0.417. The second-order valence-electron chi connectivity index (χ2n) is 4.25. The molecule has 1 amide bonds. The minimum absolute atomic E-state index is 0.181. The molecule has 0 bridgehead atoms. The molecule has 106 valence electrons. The highest BCUT2D eigenvalue weighted by molar-refractivity contribution is 7.92. The molecule has 7 heteroatoms. The number of nitrogens with zero attached hydrogens (tertiary/aromatic N) is 1. The summed E-state index contributed by atoms with van der Waals surface area (Å²) in [6.07, 6.45) is 1.13. The Morgan fingerprint density at radius 2 is 2.05 bits per heavy atom. The smallest absolute Gasteiger partial charge is 0.232 e. The van der Waals surface area contributed by atoms with Crippen LogP contribution < -0.4 is 9.62 Å². The van der Waals surface area contributed by atoms with Gasteiger partial charge in [0.1, 0.15) is 0 Å². The van der Waals surface area contributed by atoms with Crippen LogP contribution in [0.2, 0.25) is 5.02 Å². The van der Waals surface area contributed by atoms with Crippen LogP contribution in [-0.2, 0) is 14.8 Å². The van der Waals surface area contributed by atoms with Gasteiger partial charge < -0.3 is 5.32 Å². The molecule has 0 spiro atoms. The first-order valence-corrected chi connectivity index (χ1v) is 7.92. The van der Waals surface area contributed by atoms with Crippen molar-refractivity contribution in [3.8, 4) is 0 Å². The van der Waals surface area contributed by atoms with Crippen molar-refractivity contribution in [2.24, 2.45) is 0 Å². The zero-order valence-corrected chi connectivity index (χ0v) is 12.7. The summed E-state index contributed by atoms with van der Waals surface area (Å²) in [6, 6.07) is 5.00. The molecule has 0 aromatic heterocycles. The summed E-state index contributed by atoms with van der Waals surface area (Å²) >= 11 is 5.86. The number of anilines is 1. The summed E-state index contributed by atoms with van der Waals surface area (Å²) in [7, 11) is -3.41. The first-order valence-electron chi connectivity index (χ1n) is 5.70. The van der Waals surface area contributed by atoms with Gasteiger partial charge in [0.15, 0.2) is 0 Å². The average Bonchev–Trinajstić information content (AvgIpc) is 2.24.